The van der Waals surface area contributed by atoms with Crippen molar-refractivity contribution in [2.45, 2.75) is 27.7 Å². The Balaban J connectivity index is 4.36. The zero-order chi connectivity index (χ0) is 12.8. The summed E-state index contributed by atoms with van der Waals surface area (Å²) in [4.78, 5) is 11.3. The van der Waals surface area contributed by atoms with Crippen molar-refractivity contribution in [3.05, 3.63) is 12.2 Å². The first-order valence-corrected chi connectivity index (χ1v) is 11.6. The van der Waals surface area contributed by atoms with Crippen LogP contribution in [0, 0.1) is 0 Å². The van der Waals surface area contributed by atoms with Gasteiger partial charge in [-0.05, 0) is 0 Å². The van der Waals surface area contributed by atoms with Gasteiger partial charge in [-0.1, -0.05) is 0 Å². The maximum absolute atomic E-state index is 11.3. The Morgan fingerprint density at radius 1 is 1.25 bits per heavy atom. The molecule has 0 aliphatic rings. The molecule has 0 amide bonds. The Hall–Kier alpha value is 0.370. The van der Waals surface area contributed by atoms with Gasteiger partial charge >= 0.3 is 113 Å². The van der Waals surface area contributed by atoms with E-state index in [1.807, 2.05) is 0 Å². The van der Waals surface area contributed by atoms with Crippen molar-refractivity contribution in [2.24, 2.45) is 0 Å². The summed E-state index contributed by atoms with van der Waals surface area (Å²) in [6.07, 6.45) is 4.71. The van der Waals surface area contributed by atoms with E-state index in [9.17, 15) is 4.79 Å². The number of esters is 1. The second-order valence-corrected chi connectivity index (χ2v) is 18.6. The molecule has 0 rings (SSSR count). The molecule has 4 heteroatoms. The Morgan fingerprint density at radius 3 is 2.00 bits per heavy atom. The molecule has 0 saturated heterocycles. The topological polar surface area (TPSA) is 26.3 Å². The predicted octanol–water partition coefficient (Wildman–Crippen LogP) is 4.07. The van der Waals surface area contributed by atoms with Crippen LogP contribution in [0.2, 0.25) is 0 Å². The minimum atomic E-state index is -1.63. The first-order valence-electron chi connectivity index (χ1n) is 5.86. The van der Waals surface area contributed by atoms with Crippen molar-refractivity contribution in [1.29, 1.82) is 0 Å². The molecule has 0 aromatic rings. The average Bonchev–Trinajstić information content (AvgIpc) is 2.29. The van der Waals surface area contributed by atoms with E-state index in [2.05, 4.69) is 49.4 Å². The fraction of sp³-hybridized carbons (Fsp3) is 0.750. The van der Waals surface area contributed by atoms with Crippen LogP contribution in [0.3, 0.4) is 0 Å². The molecule has 0 unspecified atom stereocenters. The van der Waals surface area contributed by atoms with Crippen LogP contribution >= 0.6 is 26.3 Å². The predicted molar refractivity (Wildman–Crippen MR) is 83.2 cm³/mol. The normalized spacial score (nSPS) is 13.9. The number of rotatable bonds is 7. The van der Waals surface area contributed by atoms with Crippen LogP contribution in [0.4, 0.5) is 0 Å². The summed E-state index contributed by atoms with van der Waals surface area (Å²) in [5.41, 5.74) is 0.485. The fourth-order valence-electron chi connectivity index (χ4n) is 1.63. The number of hydrogen-bond donors (Lipinski definition) is 0. The summed E-state index contributed by atoms with van der Waals surface area (Å²) >= 11 is 2.68. The molecule has 2 nitrogen and oxygen atoms in total. The van der Waals surface area contributed by atoms with Gasteiger partial charge in [-0.2, -0.15) is 0 Å². The maximum atomic E-state index is 11.3. The first-order chi connectivity index (χ1) is 7.31. The summed E-state index contributed by atoms with van der Waals surface area (Å²) in [5.74, 6) is -0.259. The van der Waals surface area contributed by atoms with Crippen LogP contribution in [0.25, 0.3) is 0 Å². The molecule has 96 valence electrons. The van der Waals surface area contributed by atoms with E-state index in [0.29, 0.717) is 12.2 Å². The van der Waals surface area contributed by atoms with E-state index in [0.717, 1.165) is 6.16 Å². The summed E-state index contributed by atoms with van der Waals surface area (Å²) in [6, 6.07) is 0. The SMILES string of the molecule is C=C(C)C(=O)OCCP(I)(CC)(CC)CC. The average molecular weight is 358 g/mol. The van der Waals surface area contributed by atoms with Gasteiger partial charge in [-0.3, -0.25) is 0 Å². The summed E-state index contributed by atoms with van der Waals surface area (Å²) in [5, 5.41) is 0. The van der Waals surface area contributed by atoms with Gasteiger partial charge in [0, 0.05) is 0 Å². The number of carbonyl (C=O) groups is 1. The Kier molecular flexibility index (Phi) is 6.49. The zero-order valence-electron chi connectivity index (χ0n) is 10.9. The molecule has 0 N–H and O–H groups in total. The van der Waals surface area contributed by atoms with Gasteiger partial charge < -0.3 is 0 Å². The van der Waals surface area contributed by atoms with Crippen LogP contribution in [-0.2, 0) is 9.53 Å². The molecule has 0 bridgehead atoms. The van der Waals surface area contributed by atoms with Crippen molar-refractivity contribution in [1.82, 2.24) is 0 Å². The molecule has 0 aromatic carbocycles. The second-order valence-electron chi connectivity index (χ2n) is 4.41. The van der Waals surface area contributed by atoms with Crippen molar-refractivity contribution in [3.8, 4) is 0 Å². The van der Waals surface area contributed by atoms with Crippen molar-refractivity contribution in [2.75, 3.05) is 31.3 Å². The quantitative estimate of drug-likeness (QED) is 0.297. The Morgan fingerprint density at radius 2 is 1.69 bits per heavy atom. The van der Waals surface area contributed by atoms with Crippen LogP contribution in [0.15, 0.2) is 12.2 Å². The van der Waals surface area contributed by atoms with Gasteiger partial charge in [0.05, 0.1) is 0 Å². The van der Waals surface area contributed by atoms with E-state index in [-0.39, 0.29) is 5.97 Å². The number of halogens is 1. The van der Waals surface area contributed by atoms with Crippen LogP contribution in [0.1, 0.15) is 27.7 Å². The molecule has 0 atom stereocenters. The molecule has 0 spiro atoms. The second kappa shape index (κ2) is 6.34. The monoisotopic (exact) mass is 358 g/mol. The molecule has 0 saturated carbocycles. The third-order valence-corrected chi connectivity index (χ3v) is 17.2. The van der Waals surface area contributed by atoms with E-state index >= 15 is 0 Å². The van der Waals surface area contributed by atoms with Gasteiger partial charge in [-0.15, -0.1) is 0 Å². The van der Waals surface area contributed by atoms with Crippen LogP contribution in [0.5, 0.6) is 0 Å². The molecule has 0 heterocycles. The summed E-state index contributed by atoms with van der Waals surface area (Å²) in [7, 11) is 0. The van der Waals surface area contributed by atoms with Crippen molar-refractivity contribution < 1.29 is 9.53 Å². The Bertz CT molecular complexity index is 261. The van der Waals surface area contributed by atoms with E-state index in [4.69, 9.17) is 4.74 Å². The van der Waals surface area contributed by atoms with Crippen molar-refractivity contribution >= 4 is 32.3 Å². The van der Waals surface area contributed by atoms with Crippen LogP contribution in [-0.4, -0.2) is 37.2 Å². The molecule has 0 aliphatic heterocycles. The minimum absolute atomic E-state index is 0.259. The van der Waals surface area contributed by atoms with Crippen molar-refractivity contribution in [3.63, 3.8) is 0 Å². The third-order valence-electron chi connectivity index (χ3n) is 3.60. The van der Waals surface area contributed by atoms with Gasteiger partial charge in [-0.25, -0.2) is 0 Å². The first kappa shape index (κ1) is 16.4. The van der Waals surface area contributed by atoms with Gasteiger partial charge in [0.25, 0.3) is 0 Å². The summed E-state index contributed by atoms with van der Waals surface area (Å²) in [6.45, 7) is 12.6. The van der Waals surface area contributed by atoms with Gasteiger partial charge in [0.15, 0.2) is 0 Å². The molecule has 0 radical (unpaired) electrons. The van der Waals surface area contributed by atoms with E-state index < -0.39 is 4.25 Å². The van der Waals surface area contributed by atoms with E-state index in [1.165, 1.54) is 18.5 Å². The number of ether oxygens (including phenoxy) is 1. The third kappa shape index (κ3) is 4.33. The molecule has 0 fully saturated rings. The fourth-order valence-corrected chi connectivity index (χ4v) is 5.06. The standard InChI is InChI=1S/C12H24IO2P/c1-6-16(13,7-2,8-3)10-9-15-12(14)11(4)5/h4,6-10H2,1-3,5H3. The molecule has 0 aromatic heterocycles. The number of hydrogen-bond acceptors (Lipinski definition) is 2. The summed E-state index contributed by atoms with van der Waals surface area (Å²) < 4.78 is 3.59. The van der Waals surface area contributed by atoms with Crippen LogP contribution < -0.4 is 0 Å². The van der Waals surface area contributed by atoms with Gasteiger partial charge in [0.1, 0.15) is 0 Å². The Labute approximate surface area is 113 Å². The molecular formula is C12H24IO2P. The zero-order valence-corrected chi connectivity index (χ0v) is 13.9. The van der Waals surface area contributed by atoms with E-state index in [1.54, 1.807) is 6.92 Å². The molecule has 0 aliphatic carbocycles. The molecular weight excluding hydrogens is 334 g/mol. The molecule has 16 heavy (non-hydrogen) atoms. The van der Waals surface area contributed by atoms with Gasteiger partial charge in [0.2, 0.25) is 0 Å². The number of carbonyl (C=O) groups excluding carboxylic acids is 1.